The quantitative estimate of drug-likeness (QED) is 0.862. The van der Waals surface area contributed by atoms with Crippen LogP contribution in [0.2, 0.25) is 0 Å². The van der Waals surface area contributed by atoms with Gasteiger partial charge in [0.15, 0.2) is 5.54 Å². The van der Waals surface area contributed by atoms with Crippen molar-refractivity contribution in [2.24, 2.45) is 0 Å². The highest BCUT2D eigenvalue weighted by Crippen LogP contribution is 2.25. The van der Waals surface area contributed by atoms with E-state index in [0.29, 0.717) is 12.0 Å². The van der Waals surface area contributed by atoms with E-state index in [4.69, 9.17) is 4.74 Å². The molecule has 1 amide bonds. The third-order valence-corrected chi connectivity index (χ3v) is 4.06. The van der Waals surface area contributed by atoms with Crippen LogP contribution in [0.1, 0.15) is 18.1 Å². The molecule has 122 valence electrons. The molecule has 0 spiro atoms. The number of carbonyl (C=O) groups excluding carboxylic acids is 2. The van der Waals surface area contributed by atoms with Crippen molar-refractivity contribution < 1.29 is 14.3 Å². The number of ether oxygens (including phenoxy) is 1. The minimum atomic E-state index is -1.14. The van der Waals surface area contributed by atoms with Crippen LogP contribution in [-0.4, -0.2) is 17.4 Å². The molecule has 1 aliphatic heterocycles. The molecule has 1 atom stereocenters. The van der Waals surface area contributed by atoms with Crippen molar-refractivity contribution in [3.05, 3.63) is 83.4 Å². The topological polar surface area (TPSA) is 55.4 Å². The average Bonchev–Trinajstić information content (AvgIpc) is 2.89. The molecule has 4 nitrogen and oxygen atoms in total. The molecule has 0 radical (unpaired) electrons. The summed E-state index contributed by atoms with van der Waals surface area (Å²) in [5.74, 6) is -0.678. The van der Waals surface area contributed by atoms with Crippen LogP contribution < -0.4 is 5.32 Å². The molecule has 0 saturated heterocycles. The van der Waals surface area contributed by atoms with Crippen molar-refractivity contribution in [1.82, 2.24) is 5.32 Å². The van der Waals surface area contributed by atoms with Gasteiger partial charge in [0.05, 0.1) is 0 Å². The lowest BCUT2D eigenvalue weighted by molar-refractivity contribution is -0.151. The monoisotopic (exact) mass is 321 g/mol. The van der Waals surface area contributed by atoms with Crippen LogP contribution in [0.15, 0.2) is 72.3 Å². The molecule has 0 aromatic heterocycles. The number of amides is 1. The van der Waals surface area contributed by atoms with Gasteiger partial charge in [-0.25, -0.2) is 4.79 Å². The number of rotatable bonds is 5. The van der Waals surface area contributed by atoms with Gasteiger partial charge in [0, 0.05) is 12.0 Å². The second-order valence-electron chi connectivity index (χ2n) is 5.98. The number of nitrogens with one attached hydrogen (secondary N) is 1. The highest BCUT2D eigenvalue weighted by atomic mass is 16.5. The largest absolute Gasteiger partial charge is 0.459 e. The minimum Gasteiger partial charge on any atom is -0.459 e. The summed E-state index contributed by atoms with van der Waals surface area (Å²) in [6, 6.07) is 19.1. The van der Waals surface area contributed by atoms with Crippen LogP contribution in [0, 0.1) is 0 Å². The maximum atomic E-state index is 12.8. The zero-order valence-corrected chi connectivity index (χ0v) is 13.5. The van der Waals surface area contributed by atoms with Crippen molar-refractivity contribution in [3.63, 3.8) is 0 Å². The maximum Gasteiger partial charge on any atom is 0.336 e. The Morgan fingerprint density at radius 2 is 1.58 bits per heavy atom. The first-order valence-electron chi connectivity index (χ1n) is 7.86. The molecule has 0 saturated carbocycles. The van der Waals surface area contributed by atoms with Crippen molar-refractivity contribution >= 4 is 11.9 Å². The molecule has 1 heterocycles. The minimum absolute atomic E-state index is 0.180. The van der Waals surface area contributed by atoms with Gasteiger partial charge in [-0.3, -0.25) is 4.79 Å². The van der Waals surface area contributed by atoms with Crippen molar-refractivity contribution in [3.8, 4) is 0 Å². The summed E-state index contributed by atoms with van der Waals surface area (Å²) < 4.78 is 5.49. The van der Waals surface area contributed by atoms with E-state index in [0.717, 1.165) is 11.1 Å². The van der Waals surface area contributed by atoms with Gasteiger partial charge in [0.25, 0.3) is 0 Å². The molecule has 2 aromatic rings. The predicted molar refractivity (Wildman–Crippen MR) is 91.0 cm³/mol. The molecule has 1 aliphatic rings. The van der Waals surface area contributed by atoms with Crippen LogP contribution >= 0.6 is 0 Å². The first kappa shape index (κ1) is 16.0. The van der Waals surface area contributed by atoms with Crippen LogP contribution in [0.4, 0.5) is 0 Å². The molecule has 0 bridgehead atoms. The van der Waals surface area contributed by atoms with E-state index in [1.165, 1.54) is 0 Å². The molecule has 1 unspecified atom stereocenters. The highest BCUT2D eigenvalue weighted by Gasteiger charge is 2.44. The van der Waals surface area contributed by atoms with E-state index >= 15 is 0 Å². The summed E-state index contributed by atoms with van der Waals surface area (Å²) in [5, 5.41) is 2.80. The standard InChI is InChI=1S/C20H19NO3/c1-15-12-20(21-18(15)22,13-16-8-4-2-5-9-16)19(23)24-14-17-10-6-3-7-11-17/h2-12H,13-14H2,1H3,(H,21,22). The Hall–Kier alpha value is -2.88. The Bertz CT molecular complexity index is 768. The van der Waals surface area contributed by atoms with Crippen molar-refractivity contribution in [2.45, 2.75) is 25.5 Å². The first-order chi connectivity index (χ1) is 11.6. The molecule has 4 heteroatoms. The van der Waals surface area contributed by atoms with Gasteiger partial charge in [0.2, 0.25) is 5.91 Å². The molecule has 1 N–H and O–H groups in total. The summed E-state index contributed by atoms with van der Waals surface area (Å²) in [6.07, 6.45) is 2.04. The summed E-state index contributed by atoms with van der Waals surface area (Å²) in [5.41, 5.74) is 1.26. The zero-order chi connectivity index (χ0) is 17.0. The van der Waals surface area contributed by atoms with Gasteiger partial charge in [0.1, 0.15) is 6.61 Å². The molecule has 24 heavy (non-hydrogen) atoms. The summed E-state index contributed by atoms with van der Waals surface area (Å²) in [4.78, 5) is 24.7. The van der Waals surface area contributed by atoms with Crippen molar-refractivity contribution in [1.29, 1.82) is 0 Å². The smallest absolute Gasteiger partial charge is 0.336 e. The van der Waals surface area contributed by atoms with Gasteiger partial charge < -0.3 is 10.1 Å². The summed E-state index contributed by atoms with van der Waals surface area (Å²) in [6.45, 7) is 1.88. The normalized spacial score (nSPS) is 19.5. The Kier molecular flexibility index (Phi) is 4.47. The number of carbonyl (C=O) groups is 2. The molecular formula is C20H19NO3. The van der Waals surface area contributed by atoms with Crippen LogP contribution in [0.5, 0.6) is 0 Å². The SMILES string of the molecule is CC1=CC(Cc2ccccc2)(C(=O)OCc2ccccc2)NC1=O. The van der Waals surface area contributed by atoms with E-state index in [-0.39, 0.29) is 12.5 Å². The van der Waals surface area contributed by atoms with E-state index in [2.05, 4.69) is 5.32 Å². The molecule has 0 fully saturated rings. The van der Waals surface area contributed by atoms with Crippen LogP contribution in [0.25, 0.3) is 0 Å². The van der Waals surface area contributed by atoms with Gasteiger partial charge in [-0.05, 0) is 24.1 Å². The van der Waals surface area contributed by atoms with Crippen molar-refractivity contribution in [2.75, 3.05) is 0 Å². The lowest BCUT2D eigenvalue weighted by atomic mass is 9.91. The van der Waals surface area contributed by atoms with E-state index < -0.39 is 11.5 Å². The fraction of sp³-hybridized carbons (Fsp3) is 0.200. The molecule has 2 aromatic carbocycles. The summed E-state index contributed by atoms with van der Waals surface area (Å²) >= 11 is 0. The highest BCUT2D eigenvalue weighted by molar-refractivity contribution is 6.03. The number of hydrogen-bond acceptors (Lipinski definition) is 3. The second kappa shape index (κ2) is 6.71. The Morgan fingerprint density at radius 1 is 1.00 bits per heavy atom. The predicted octanol–water partition coefficient (Wildman–Crippen LogP) is 2.79. The third kappa shape index (κ3) is 3.38. The number of benzene rings is 2. The van der Waals surface area contributed by atoms with Gasteiger partial charge in [-0.2, -0.15) is 0 Å². The van der Waals surface area contributed by atoms with Crippen LogP contribution in [-0.2, 0) is 27.4 Å². The average molecular weight is 321 g/mol. The first-order valence-corrected chi connectivity index (χ1v) is 7.86. The third-order valence-electron chi connectivity index (χ3n) is 4.06. The molecule has 3 rings (SSSR count). The summed E-state index contributed by atoms with van der Waals surface area (Å²) in [7, 11) is 0. The lowest BCUT2D eigenvalue weighted by Gasteiger charge is -2.26. The fourth-order valence-electron chi connectivity index (χ4n) is 2.82. The Balaban J connectivity index is 1.80. The lowest BCUT2D eigenvalue weighted by Crippen LogP contribution is -2.51. The Morgan fingerprint density at radius 3 is 2.12 bits per heavy atom. The fourth-order valence-corrected chi connectivity index (χ4v) is 2.82. The van der Waals surface area contributed by atoms with Gasteiger partial charge in [-0.15, -0.1) is 0 Å². The Labute approximate surface area is 141 Å². The zero-order valence-electron chi connectivity index (χ0n) is 13.5. The van der Waals surface area contributed by atoms with Gasteiger partial charge in [-0.1, -0.05) is 60.7 Å². The van der Waals surface area contributed by atoms with E-state index in [1.807, 2.05) is 60.7 Å². The maximum absolute atomic E-state index is 12.8. The van der Waals surface area contributed by atoms with E-state index in [1.54, 1.807) is 13.0 Å². The molecular weight excluding hydrogens is 302 g/mol. The van der Waals surface area contributed by atoms with E-state index in [9.17, 15) is 9.59 Å². The van der Waals surface area contributed by atoms with Gasteiger partial charge >= 0.3 is 5.97 Å². The molecule has 0 aliphatic carbocycles. The second-order valence-corrected chi connectivity index (χ2v) is 5.98. The number of esters is 1. The van der Waals surface area contributed by atoms with Crippen LogP contribution in [0.3, 0.4) is 0 Å². The number of hydrogen-bond donors (Lipinski definition) is 1.